The summed E-state index contributed by atoms with van der Waals surface area (Å²) >= 11 is 0. The summed E-state index contributed by atoms with van der Waals surface area (Å²) in [6, 6.07) is 5.48. The Labute approximate surface area is 162 Å². The van der Waals surface area contributed by atoms with Crippen LogP contribution in [-0.2, 0) is 25.5 Å². The molecule has 0 radical (unpaired) electrons. The highest BCUT2D eigenvalue weighted by Crippen LogP contribution is 2.46. The van der Waals surface area contributed by atoms with Crippen LogP contribution in [0.2, 0.25) is 0 Å². The Morgan fingerprint density at radius 3 is 2.86 bits per heavy atom. The van der Waals surface area contributed by atoms with Crippen molar-refractivity contribution in [2.45, 2.75) is 32.6 Å². The summed E-state index contributed by atoms with van der Waals surface area (Å²) in [6.07, 6.45) is 1.85. The molecular formula is C20H23NO7. The van der Waals surface area contributed by atoms with E-state index in [2.05, 4.69) is 12.2 Å². The molecule has 150 valence electrons. The van der Waals surface area contributed by atoms with Gasteiger partial charge in [0.05, 0.1) is 18.9 Å². The molecule has 2 aliphatic heterocycles. The Kier molecular flexibility index (Phi) is 5.02. The molecule has 1 saturated carbocycles. The SMILES string of the molecule is COC(=O)C1=COC(OC(=O)NCc2ccc3c(c2)OCO3)C2C(C)CCC12. The van der Waals surface area contributed by atoms with Gasteiger partial charge in [-0.3, -0.25) is 0 Å². The number of nitrogens with one attached hydrogen (secondary N) is 1. The largest absolute Gasteiger partial charge is 0.466 e. The van der Waals surface area contributed by atoms with Gasteiger partial charge in [0.15, 0.2) is 11.5 Å². The molecular weight excluding hydrogens is 366 g/mol. The van der Waals surface area contributed by atoms with E-state index in [-0.39, 0.29) is 31.1 Å². The maximum Gasteiger partial charge on any atom is 0.410 e. The number of amides is 1. The molecule has 0 saturated heterocycles. The Bertz CT molecular complexity index is 806. The summed E-state index contributed by atoms with van der Waals surface area (Å²) in [7, 11) is 1.35. The lowest BCUT2D eigenvalue weighted by Gasteiger charge is -2.34. The molecule has 2 heterocycles. The molecule has 0 spiro atoms. The molecule has 1 amide bonds. The summed E-state index contributed by atoms with van der Waals surface area (Å²) < 4.78 is 26.6. The molecule has 0 bridgehead atoms. The molecule has 8 heteroatoms. The van der Waals surface area contributed by atoms with Gasteiger partial charge in [-0.1, -0.05) is 13.0 Å². The van der Waals surface area contributed by atoms with E-state index in [1.165, 1.54) is 13.4 Å². The first kappa shape index (κ1) is 18.5. The van der Waals surface area contributed by atoms with Gasteiger partial charge >= 0.3 is 12.1 Å². The number of benzene rings is 1. The number of carbonyl (C=O) groups excluding carboxylic acids is 2. The molecule has 1 N–H and O–H groups in total. The Hall–Kier alpha value is -2.90. The second-order valence-corrected chi connectivity index (χ2v) is 7.25. The average Bonchev–Trinajstić information content (AvgIpc) is 3.32. The molecule has 1 fully saturated rings. The normalized spacial score (nSPS) is 27.3. The predicted molar refractivity (Wildman–Crippen MR) is 96.2 cm³/mol. The van der Waals surface area contributed by atoms with Gasteiger partial charge in [0, 0.05) is 18.4 Å². The molecule has 28 heavy (non-hydrogen) atoms. The molecule has 8 nitrogen and oxygen atoms in total. The van der Waals surface area contributed by atoms with E-state index in [0.29, 0.717) is 17.1 Å². The fourth-order valence-electron chi connectivity index (χ4n) is 4.16. The smallest absolute Gasteiger partial charge is 0.410 e. The zero-order valence-corrected chi connectivity index (χ0v) is 15.8. The highest BCUT2D eigenvalue weighted by molar-refractivity contribution is 5.89. The van der Waals surface area contributed by atoms with Gasteiger partial charge in [-0.15, -0.1) is 0 Å². The van der Waals surface area contributed by atoms with Crippen molar-refractivity contribution >= 4 is 12.1 Å². The number of alkyl carbamates (subject to hydrolysis) is 1. The first-order valence-corrected chi connectivity index (χ1v) is 9.33. The van der Waals surface area contributed by atoms with Crippen LogP contribution in [0.4, 0.5) is 4.79 Å². The maximum absolute atomic E-state index is 12.3. The maximum atomic E-state index is 12.3. The summed E-state index contributed by atoms with van der Waals surface area (Å²) in [5.41, 5.74) is 1.38. The van der Waals surface area contributed by atoms with Crippen LogP contribution in [0.25, 0.3) is 0 Å². The van der Waals surface area contributed by atoms with Crippen molar-refractivity contribution in [3.63, 3.8) is 0 Å². The van der Waals surface area contributed by atoms with E-state index < -0.39 is 18.4 Å². The van der Waals surface area contributed by atoms with Crippen molar-refractivity contribution in [2.24, 2.45) is 17.8 Å². The zero-order valence-electron chi connectivity index (χ0n) is 15.8. The third-order valence-electron chi connectivity index (χ3n) is 5.62. The van der Waals surface area contributed by atoms with E-state index in [4.69, 9.17) is 23.7 Å². The minimum atomic E-state index is -0.729. The molecule has 3 aliphatic rings. The van der Waals surface area contributed by atoms with Crippen LogP contribution in [-0.4, -0.2) is 32.3 Å². The van der Waals surface area contributed by atoms with E-state index in [1.54, 1.807) is 6.07 Å². The lowest BCUT2D eigenvalue weighted by atomic mass is 9.83. The minimum absolute atomic E-state index is 0.0251. The molecule has 1 aliphatic carbocycles. The number of esters is 1. The van der Waals surface area contributed by atoms with Crippen molar-refractivity contribution in [3.8, 4) is 11.5 Å². The summed E-state index contributed by atoms with van der Waals surface area (Å²) in [4.78, 5) is 24.3. The molecule has 4 rings (SSSR count). The average molecular weight is 389 g/mol. The monoisotopic (exact) mass is 389 g/mol. The van der Waals surface area contributed by atoms with Gasteiger partial charge in [0.25, 0.3) is 0 Å². The molecule has 4 atom stereocenters. The van der Waals surface area contributed by atoms with Gasteiger partial charge in [-0.05, 0) is 36.5 Å². The van der Waals surface area contributed by atoms with Gasteiger partial charge in [0.1, 0.15) is 0 Å². The van der Waals surface area contributed by atoms with Gasteiger partial charge in [-0.2, -0.15) is 0 Å². The number of ether oxygens (including phenoxy) is 5. The minimum Gasteiger partial charge on any atom is -0.466 e. The number of hydrogen-bond acceptors (Lipinski definition) is 7. The van der Waals surface area contributed by atoms with Crippen LogP contribution in [0.3, 0.4) is 0 Å². The number of methoxy groups -OCH3 is 1. The number of rotatable bonds is 4. The standard InChI is InChI=1S/C20H23NO7/c1-11-3-5-13-14(18(22)24-2)9-25-19(17(11)13)28-20(23)21-8-12-4-6-15-16(7-12)27-10-26-15/h4,6-7,9,11,13,17,19H,3,5,8,10H2,1-2H3,(H,21,23). The number of fused-ring (bicyclic) bond motifs is 2. The second-order valence-electron chi connectivity index (χ2n) is 7.25. The van der Waals surface area contributed by atoms with Crippen molar-refractivity contribution < 1.29 is 33.3 Å². The predicted octanol–water partition coefficient (Wildman–Crippen LogP) is 2.72. The Balaban J connectivity index is 1.37. The third kappa shape index (κ3) is 3.46. The van der Waals surface area contributed by atoms with Crippen molar-refractivity contribution in [2.75, 3.05) is 13.9 Å². The van der Waals surface area contributed by atoms with Gasteiger partial charge in [-0.25, -0.2) is 9.59 Å². The lowest BCUT2D eigenvalue weighted by Crippen LogP contribution is -2.41. The molecule has 0 aromatic heterocycles. The number of carbonyl (C=O) groups is 2. The highest BCUT2D eigenvalue weighted by atomic mass is 16.7. The van der Waals surface area contributed by atoms with E-state index in [9.17, 15) is 9.59 Å². The van der Waals surface area contributed by atoms with E-state index >= 15 is 0 Å². The highest BCUT2D eigenvalue weighted by Gasteiger charge is 2.48. The summed E-state index contributed by atoms with van der Waals surface area (Å²) in [5, 5.41) is 2.73. The molecule has 1 aromatic rings. The van der Waals surface area contributed by atoms with Gasteiger partial charge in [0.2, 0.25) is 13.1 Å². The van der Waals surface area contributed by atoms with Crippen LogP contribution < -0.4 is 14.8 Å². The Morgan fingerprint density at radius 2 is 2.04 bits per heavy atom. The van der Waals surface area contributed by atoms with Crippen LogP contribution in [0.5, 0.6) is 11.5 Å². The number of hydrogen-bond donors (Lipinski definition) is 1. The lowest BCUT2D eigenvalue weighted by molar-refractivity contribution is -0.145. The first-order valence-electron chi connectivity index (χ1n) is 9.33. The van der Waals surface area contributed by atoms with Gasteiger partial charge < -0.3 is 29.0 Å². The van der Waals surface area contributed by atoms with Crippen LogP contribution in [0.15, 0.2) is 30.0 Å². The summed E-state index contributed by atoms with van der Waals surface area (Å²) in [5.74, 6) is 1.13. The van der Waals surface area contributed by atoms with E-state index in [0.717, 1.165) is 18.4 Å². The third-order valence-corrected chi connectivity index (χ3v) is 5.62. The Morgan fingerprint density at radius 1 is 1.21 bits per heavy atom. The summed E-state index contributed by atoms with van der Waals surface area (Å²) in [6.45, 7) is 2.57. The van der Waals surface area contributed by atoms with E-state index in [1.807, 2.05) is 12.1 Å². The zero-order chi connectivity index (χ0) is 19.7. The van der Waals surface area contributed by atoms with Crippen molar-refractivity contribution in [3.05, 3.63) is 35.6 Å². The quantitative estimate of drug-likeness (QED) is 0.792. The topological polar surface area (TPSA) is 92.3 Å². The fraction of sp³-hybridized carbons (Fsp3) is 0.500. The fourth-order valence-corrected chi connectivity index (χ4v) is 4.16. The molecule has 4 unspecified atom stereocenters. The van der Waals surface area contributed by atoms with Crippen molar-refractivity contribution in [1.29, 1.82) is 0 Å². The molecule has 1 aromatic carbocycles. The van der Waals surface area contributed by atoms with Crippen LogP contribution in [0.1, 0.15) is 25.3 Å². The van der Waals surface area contributed by atoms with Crippen molar-refractivity contribution in [1.82, 2.24) is 5.32 Å². The second kappa shape index (κ2) is 7.61. The van der Waals surface area contributed by atoms with Crippen LogP contribution in [0, 0.1) is 17.8 Å². The first-order chi connectivity index (χ1) is 13.6. The van der Waals surface area contributed by atoms with Crippen LogP contribution >= 0.6 is 0 Å².